The van der Waals surface area contributed by atoms with Crippen LogP contribution in [0.15, 0.2) is 30.5 Å². The van der Waals surface area contributed by atoms with Gasteiger partial charge < -0.3 is 5.32 Å². The number of carbonyl (C=O) groups is 1. The van der Waals surface area contributed by atoms with Crippen molar-refractivity contribution in [2.75, 3.05) is 11.9 Å². The van der Waals surface area contributed by atoms with Gasteiger partial charge in [0, 0.05) is 18.8 Å². The standard InChI is InChI=1S/C19H25N5O/c1-13-10-18(24(23-13)12-16-4-2-3-9-20-16)22-19(25)21-11-17(14-5-6-14)15-7-8-15/h2-4,9-10,14-15,17H,5-8,11-12H2,1H3,(H2,21,22,25). The first-order chi connectivity index (χ1) is 12.2. The fraction of sp³-hybridized carbons (Fsp3) is 0.526. The van der Waals surface area contributed by atoms with Crippen LogP contribution in [0.4, 0.5) is 10.6 Å². The second-order valence-electron chi connectivity index (χ2n) is 7.32. The molecule has 2 N–H and O–H groups in total. The van der Waals surface area contributed by atoms with E-state index in [2.05, 4.69) is 20.7 Å². The van der Waals surface area contributed by atoms with E-state index in [1.165, 1.54) is 25.7 Å². The minimum atomic E-state index is -0.145. The average Bonchev–Trinajstić information content (AvgIpc) is 3.50. The Bertz CT molecular complexity index is 722. The maximum atomic E-state index is 12.3. The van der Waals surface area contributed by atoms with Crippen molar-refractivity contribution < 1.29 is 4.79 Å². The predicted octanol–water partition coefficient (Wildman–Crippen LogP) is 3.19. The van der Waals surface area contributed by atoms with E-state index in [0.29, 0.717) is 18.3 Å². The molecule has 4 rings (SSSR count). The number of carbonyl (C=O) groups excluding carboxylic acids is 1. The largest absolute Gasteiger partial charge is 0.338 e. The first-order valence-corrected chi connectivity index (χ1v) is 9.18. The first-order valence-electron chi connectivity index (χ1n) is 9.18. The third-order valence-electron chi connectivity index (χ3n) is 5.13. The van der Waals surface area contributed by atoms with Gasteiger partial charge >= 0.3 is 6.03 Å². The topological polar surface area (TPSA) is 71.8 Å². The molecule has 2 aliphatic rings. The van der Waals surface area contributed by atoms with Gasteiger partial charge in [0.1, 0.15) is 5.82 Å². The molecule has 6 heteroatoms. The number of hydrogen-bond donors (Lipinski definition) is 2. The highest BCUT2D eigenvalue weighted by Crippen LogP contribution is 2.48. The minimum absolute atomic E-state index is 0.145. The quantitative estimate of drug-likeness (QED) is 0.814. The number of urea groups is 1. The van der Waals surface area contributed by atoms with Crippen LogP contribution in [0.25, 0.3) is 0 Å². The van der Waals surface area contributed by atoms with Crippen molar-refractivity contribution >= 4 is 11.8 Å². The molecule has 0 aromatic carbocycles. The summed E-state index contributed by atoms with van der Waals surface area (Å²) in [5.74, 6) is 3.05. The maximum Gasteiger partial charge on any atom is 0.320 e. The molecule has 2 aromatic heterocycles. The van der Waals surface area contributed by atoms with Gasteiger partial charge in [-0.1, -0.05) is 6.07 Å². The molecule has 0 saturated heterocycles. The summed E-state index contributed by atoms with van der Waals surface area (Å²) in [7, 11) is 0. The van der Waals surface area contributed by atoms with Crippen LogP contribution in [-0.4, -0.2) is 27.3 Å². The Morgan fingerprint density at radius 1 is 1.28 bits per heavy atom. The number of hydrogen-bond acceptors (Lipinski definition) is 3. The van der Waals surface area contributed by atoms with Crippen LogP contribution in [0.2, 0.25) is 0 Å². The molecular weight excluding hydrogens is 314 g/mol. The lowest BCUT2D eigenvalue weighted by Crippen LogP contribution is -2.35. The Morgan fingerprint density at radius 3 is 2.68 bits per heavy atom. The van der Waals surface area contributed by atoms with E-state index in [-0.39, 0.29) is 6.03 Å². The van der Waals surface area contributed by atoms with Crippen LogP contribution in [0.1, 0.15) is 37.1 Å². The molecular formula is C19H25N5O. The third kappa shape index (κ3) is 4.18. The van der Waals surface area contributed by atoms with Gasteiger partial charge in [0.15, 0.2) is 0 Å². The van der Waals surface area contributed by atoms with E-state index in [1.54, 1.807) is 10.9 Å². The number of rotatable bonds is 7. The molecule has 132 valence electrons. The molecule has 0 aliphatic heterocycles. The maximum absolute atomic E-state index is 12.3. The summed E-state index contributed by atoms with van der Waals surface area (Å²) >= 11 is 0. The van der Waals surface area contributed by atoms with Crippen LogP contribution in [0, 0.1) is 24.7 Å². The number of amides is 2. The number of anilines is 1. The van der Waals surface area contributed by atoms with Gasteiger partial charge in [-0.25, -0.2) is 9.48 Å². The summed E-state index contributed by atoms with van der Waals surface area (Å²) in [6.45, 7) is 3.25. The van der Waals surface area contributed by atoms with Crippen molar-refractivity contribution in [2.24, 2.45) is 17.8 Å². The lowest BCUT2D eigenvalue weighted by Gasteiger charge is -2.16. The predicted molar refractivity (Wildman–Crippen MR) is 96.3 cm³/mol. The number of aryl methyl sites for hydroxylation is 1. The van der Waals surface area contributed by atoms with Gasteiger partial charge in [0.05, 0.1) is 17.9 Å². The normalized spacial score (nSPS) is 16.9. The lowest BCUT2D eigenvalue weighted by molar-refractivity contribution is 0.248. The zero-order valence-electron chi connectivity index (χ0n) is 14.6. The van der Waals surface area contributed by atoms with Crippen molar-refractivity contribution in [3.63, 3.8) is 0 Å². The zero-order chi connectivity index (χ0) is 17.2. The number of aromatic nitrogens is 3. The molecule has 2 amide bonds. The minimum Gasteiger partial charge on any atom is -0.338 e. The van der Waals surface area contributed by atoms with Gasteiger partial charge in [-0.2, -0.15) is 5.10 Å². The van der Waals surface area contributed by atoms with E-state index in [9.17, 15) is 4.79 Å². The Labute approximate surface area is 148 Å². The fourth-order valence-corrected chi connectivity index (χ4v) is 3.55. The molecule has 2 aromatic rings. The van der Waals surface area contributed by atoms with E-state index >= 15 is 0 Å². The summed E-state index contributed by atoms with van der Waals surface area (Å²) < 4.78 is 1.79. The number of pyridine rings is 1. The smallest absolute Gasteiger partial charge is 0.320 e. The van der Waals surface area contributed by atoms with Crippen molar-refractivity contribution in [3.05, 3.63) is 41.9 Å². The van der Waals surface area contributed by atoms with Gasteiger partial charge in [-0.15, -0.1) is 0 Å². The molecule has 25 heavy (non-hydrogen) atoms. The van der Waals surface area contributed by atoms with Crippen LogP contribution in [0.3, 0.4) is 0 Å². The highest BCUT2D eigenvalue weighted by Gasteiger charge is 2.41. The monoisotopic (exact) mass is 339 g/mol. The van der Waals surface area contributed by atoms with E-state index in [4.69, 9.17) is 0 Å². The van der Waals surface area contributed by atoms with Crippen LogP contribution in [-0.2, 0) is 6.54 Å². The lowest BCUT2D eigenvalue weighted by atomic mass is 9.98. The SMILES string of the molecule is Cc1cc(NC(=O)NCC(C2CC2)C2CC2)n(Cc2ccccn2)n1. The fourth-order valence-electron chi connectivity index (χ4n) is 3.55. The second-order valence-corrected chi connectivity index (χ2v) is 7.32. The average molecular weight is 339 g/mol. The molecule has 0 unspecified atom stereocenters. The zero-order valence-corrected chi connectivity index (χ0v) is 14.6. The van der Waals surface area contributed by atoms with Crippen molar-refractivity contribution in [1.82, 2.24) is 20.1 Å². The first kappa shape index (κ1) is 16.1. The van der Waals surface area contributed by atoms with E-state index < -0.39 is 0 Å². The summed E-state index contributed by atoms with van der Waals surface area (Å²) in [5, 5.41) is 10.5. The Morgan fingerprint density at radius 2 is 2.04 bits per heavy atom. The van der Waals surface area contributed by atoms with Crippen LogP contribution < -0.4 is 10.6 Å². The van der Waals surface area contributed by atoms with Gasteiger partial charge in [-0.05, 0) is 62.5 Å². The summed E-state index contributed by atoms with van der Waals surface area (Å²) in [4.78, 5) is 16.7. The molecule has 0 bridgehead atoms. The highest BCUT2D eigenvalue weighted by atomic mass is 16.2. The molecule has 2 heterocycles. The number of nitrogens with one attached hydrogen (secondary N) is 2. The molecule has 0 spiro atoms. The molecule has 6 nitrogen and oxygen atoms in total. The third-order valence-corrected chi connectivity index (χ3v) is 5.13. The summed E-state index contributed by atoms with van der Waals surface area (Å²) in [6, 6.07) is 7.54. The second kappa shape index (κ2) is 6.86. The molecule has 2 aliphatic carbocycles. The van der Waals surface area contributed by atoms with Crippen molar-refractivity contribution in [3.8, 4) is 0 Å². The highest BCUT2D eigenvalue weighted by molar-refractivity contribution is 5.88. The molecule has 0 radical (unpaired) electrons. The van der Waals surface area contributed by atoms with Crippen molar-refractivity contribution in [2.45, 2.75) is 39.2 Å². The summed E-state index contributed by atoms with van der Waals surface area (Å²) in [5.41, 5.74) is 1.79. The molecule has 2 fully saturated rings. The molecule has 2 saturated carbocycles. The van der Waals surface area contributed by atoms with Crippen LogP contribution >= 0.6 is 0 Å². The number of nitrogens with zero attached hydrogens (tertiary/aromatic N) is 3. The summed E-state index contributed by atoms with van der Waals surface area (Å²) in [6.07, 6.45) is 7.10. The van der Waals surface area contributed by atoms with Gasteiger partial charge in [0.2, 0.25) is 0 Å². The van der Waals surface area contributed by atoms with Gasteiger partial charge in [-0.3, -0.25) is 10.3 Å². The van der Waals surface area contributed by atoms with E-state index in [1.807, 2.05) is 31.2 Å². The van der Waals surface area contributed by atoms with Crippen LogP contribution in [0.5, 0.6) is 0 Å². The van der Waals surface area contributed by atoms with Gasteiger partial charge in [0.25, 0.3) is 0 Å². The Balaban J connectivity index is 1.35. The van der Waals surface area contributed by atoms with Crippen molar-refractivity contribution in [1.29, 1.82) is 0 Å². The van der Waals surface area contributed by atoms with E-state index in [0.717, 1.165) is 29.8 Å². The molecule has 0 atom stereocenters. The Hall–Kier alpha value is -2.37. The Kier molecular flexibility index (Phi) is 4.42.